The zero-order chi connectivity index (χ0) is 20.8. The van der Waals surface area contributed by atoms with Crippen molar-refractivity contribution in [3.05, 3.63) is 40.8 Å². The van der Waals surface area contributed by atoms with E-state index in [1.165, 1.54) is 19.4 Å². The number of carbonyl (C=O) groups is 1. The average molecular weight is 412 g/mol. The predicted molar refractivity (Wildman–Crippen MR) is 108 cm³/mol. The summed E-state index contributed by atoms with van der Waals surface area (Å²) < 4.78 is 27.2. The molecule has 1 unspecified atom stereocenters. The van der Waals surface area contributed by atoms with Crippen LogP contribution in [0.3, 0.4) is 0 Å². The van der Waals surface area contributed by atoms with Crippen molar-refractivity contribution in [3.8, 4) is 5.75 Å². The number of amides is 1. The topological polar surface area (TPSA) is 102 Å². The highest BCUT2D eigenvalue weighted by atomic mass is 19.1. The van der Waals surface area contributed by atoms with Gasteiger partial charge >= 0.3 is 0 Å². The molecule has 2 aliphatic heterocycles. The van der Waals surface area contributed by atoms with Crippen LogP contribution < -0.4 is 20.7 Å². The summed E-state index contributed by atoms with van der Waals surface area (Å²) in [5.41, 5.74) is 2.68. The van der Waals surface area contributed by atoms with Crippen molar-refractivity contribution in [2.75, 3.05) is 30.9 Å². The van der Waals surface area contributed by atoms with Crippen LogP contribution in [-0.4, -0.2) is 46.8 Å². The smallest absolute Gasteiger partial charge is 0.257 e. The van der Waals surface area contributed by atoms with Crippen molar-refractivity contribution in [1.29, 1.82) is 0 Å². The molecule has 0 saturated heterocycles. The number of hydrogen-bond donors (Lipinski definition) is 3. The van der Waals surface area contributed by atoms with Gasteiger partial charge < -0.3 is 25.4 Å². The number of hydrogen-bond acceptors (Lipinski definition) is 7. The van der Waals surface area contributed by atoms with E-state index in [-0.39, 0.29) is 25.2 Å². The Morgan fingerprint density at radius 3 is 3.07 bits per heavy atom. The molecule has 3 N–H and O–H groups in total. The Labute approximate surface area is 171 Å². The molecule has 156 valence electrons. The van der Waals surface area contributed by atoms with E-state index in [9.17, 15) is 9.18 Å². The normalized spacial score (nSPS) is 18.4. The predicted octanol–water partition coefficient (Wildman–Crippen LogP) is 2.24. The fourth-order valence-corrected chi connectivity index (χ4v) is 3.81. The number of ether oxygens (including phenoxy) is 2. The van der Waals surface area contributed by atoms with Crippen molar-refractivity contribution in [3.63, 3.8) is 0 Å². The third-order valence-corrected chi connectivity index (χ3v) is 5.28. The Hall–Kier alpha value is -3.40. The summed E-state index contributed by atoms with van der Waals surface area (Å²) in [5.74, 6) is 0.987. The standard InChI is InChI=1S/C20H21FN6O3/c1-10-8-30-9-11-5-15(16(29-2)6-14(11)21)25-17-12-3-4-22-18(12)27-19(26-17)13(7-23-27)20(28)24-10/h5-7,10,22H,3-4,8-9H2,1-2H3,(H,24,28)(H,25,26). The van der Waals surface area contributed by atoms with E-state index in [2.05, 4.69) is 21.0 Å². The molecule has 30 heavy (non-hydrogen) atoms. The molecule has 9 nitrogen and oxygen atoms in total. The van der Waals surface area contributed by atoms with Gasteiger partial charge in [-0.15, -0.1) is 0 Å². The summed E-state index contributed by atoms with van der Waals surface area (Å²) in [4.78, 5) is 17.5. The molecule has 5 rings (SSSR count). The number of rotatable bonds is 1. The molecule has 0 radical (unpaired) electrons. The number of halogens is 1. The van der Waals surface area contributed by atoms with Gasteiger partial charge in [0.2, 0.25) is 0 Å². The number of carbonyl (C=O) groups excluding carboxylic acids is 1. The lowest BCUT2D eigenvalue weighted by molar-refractivity contribution is 0.0814. The first-order chi connectivity index (χ1) is 14.5. The molecular weight excluding hydrogens is 391 g/mol. The third kappa shape index (κ3) is 3.00. The molecule has 10 heteroatoms. The van der Waals surface area contributed by atoms with E-state index in [4.69, 9.17) is 14.5 Å². The van der Waals surface area contributed by atoms with Gasteiger partial charge in [0.05, 0.1) is 32.2 Å². The largest absolute Gasteiger partial charge is 0.494 e. The van der Waals surface area contributed by atoms with Crippen LogP contribution in [0.4, 0.5) is 21.7 Å². The lowest BCUT2D eigenvalue weighted by Gasteiger charge is -2.18. The van der Waals surface area contributed by atoms with Crippen LogP contribution in [0.15, 0.2) is 18.3 Å². The molecule has 4 bridgehead atoms. The summed E-state index contributed by atoms with van der Waals surface area (Å²) in [6.45, 7) is 2.85. The molecule has 2 aromatic heterocycles. The summed E-state index contributed by atoms with van der Waals surface area (Å²) >= 11 is 0. The van der Waals surface area contributed by atoms with Gasteiger partial charge in [-0.25, -0.2) is 9.37 Å². The first-order valence-corrected chi connectivity index (χ1v) is 9.71. The number of aromatic nitrogens is 3. The highest BCUT2D eigenvalue weighted by molar-refractivity contribution is 6.00. The van der Waals surface area contributed by atoms with E-state index in [0.29, 0.717) is 34.0 Å². The molecule has 0 saturated carbocycles. The second-order valence-corrected chi connectivity index (χ2v) is 7.42. The summed E-state index contributed by atoms with van der Waals surface area (Å²) in [5, 5.41) is 13.8. The Morgan fingerprint density at radius 2 is 2.23 bits per heavy atom. The SMILES string of the molecule is COc1cc(F)c2cc1Nc1nc3c(cnn3c3c1CCN3)C(=O)NC(C)COC2. The average Bonchev–Trinajstić information content (AvgIpc) is 3.36. The molecule has 0 fully saturated rings. The Bertz CT molecular complexity index is 1160. The van der Waals surface area contributed by atoms with Gasteiger partial charge in [0, 0.05) is 29.8 Å². The Kier molecular flexibility index (Phi) is 4.43. The number of nitrogens with zero attached hydrogens (tertiary/aromatic N) is 3. The van der Waals surface area contributed by atoms with Crippen LogP contribution in [0, 0.1) is 5.82 Å². The van der Waals surface area contributed by atoms with Gasteiger partial charge in [-0.05, 0) is 19.4 Å². The van der Waals surface area contributed by atoms with E-state index >= 15 is 0 Å². The van der Waals surface area contributed by atoms with Crippen molar-refractivity contribution in [2.45, 2.75) is 26.0 Å². The molecule has 0 spiro atoms. The zero-order valence-electron chi connectivity index (χ0n) is 16.6. The number of anilines is 3. The fourth-order valence-electron chi connectivity index (χ4n) is 3.81. The van der Waals surface area contributed by atoms with Crippen LogP contribution in [0.5, 0.6) is 5.75 Å². The van der Waals surface area contributed by atoms with E-state index < -0.39 is 5.82 Å². The monoisotopic (exact) mass is 412 g/mol. The first kappa shape index (κ1) is 18.6. The highest BCUT2D eigenvalue weighted by Gasteiger charge is 2.26. The Balaban J connectivity index is 1.72. The third-order valence-electron chi connectivity index (χ3n) is 5.28. The lowest BCUT2D eigenvalue weighted by atomic mass is 10.1. The van der Waals surface area contributed by atoms with Crippen LogP contribution >= 0.6 is 0 Å². The van der Waals surface area contributed by atoms with Gasteiger partial charge in [0.1, 0.15) is 28.8 Å². The van der Waals surface area contributed by atoms with Crippen molar-refractivity contribution >= 4 is 28.9 Å². The molecule has 1 aromatic carbocycles. The number of benzene rings is 1. The summed E-state index contributed by atoms with van der Waals surface area (Å²) in [7, 11) is 1.48. The maximum atomic E-state index is 14.5. The van der Waals surface area contributed by atoms with Gasteiger partial charge in [0.15, 0.2) is 5.65 Å². The molecule has 1 atom stereocenters. The summed E-state index contributed by atoms with van der Waals surface area (Å²) in [6.07, 6.45) is 2.25. The minimum atomic E-state index is -0.422. The second-order valence-electron chi connectivity index (χ2n) is 7.42. The van der Waals surface area contributed by atoms with Crippen LogP contribution in [0.2, 0.25) is 0 Å². The molecule has 3 aromatic rings. The fraction of sp³-hybridized carbons (Fsp3) is 0.350. The van der Waals surface area contributed by atoms with Gasteiger partial charge in [0.25, 0.3) is 5.91 Å². The maximum Gasteiger partial charge on any atom is 0.257 e. The van der Waals surface area contributed by atoms with Crippen molar-refractivity contribution < 1.29 is 18.7 Å². The van der Waals surface area contributed by atoms with Crippen LogP contribution in [0.1, 0.15) is 28.4 Å². The first-order valence-electron chi connectivity index (χ1n) is 9.71. The van der Waals surface area contributed by atoms with Gasteiger partial charge in [-0.2, -0.15) is 9.61 Å². The molecule has 4 heterocycles. The van der Waals surface area contributed by atoms with E-state index in [0.717, 1.165) is 24.3 Å². The van der Waals surface area contributed by atoms with Gasteiger partial charge in [-0.3, -0.25) is 4.79 Å². The molecular formula is C20H21FN6O3. The number of nitrogens with one attached hydrogen (secondary N) is 3. The zero-order valence-corrected chi connectivity index (χ0v) is 16.6. The van der Waals surface area contributed by atoms with Crippen molar-refractivity contribution in [1.82, 2.24) is 19.9 Å². The highest BCUT2D eigenvalue weighted by Crippen LogP contribution is 2.35. The van der Waals surface area contributed by atoms with Crippen molar-refractivity contribution in [2.24, 2.45) is 0 Å². The number of fused-ring (bicyclic) bond motifs is 6. The minimum absolute atomic E-state index is 0.0654. The summed E-state index contributed by atoms with van der Waals surface area (Å²) in [6, 6.07) is 2.72. The number of methoxy groups -OCH3 is 1. The minimum Gasteiger partial charge on any atom is -0.494 e. The van der Waals surface area contributed by atoms with E-state index in [1.54, 1.807) is 10.6 Å². The second kappa shape index (κ2) is 7.13. The lowest BCUT2D eigenvalue weighted by Crippen LogP contribution is -2.36. The van der Waals surface area contributed by atoms with E-state index in [1.807, 2.05) is 6.92 Å². The quantitative estimate of drug-likeness (QED) is 0.563. The maximum absolute atomic E-state index is 14.5. The molecule has 0 aliphatic carbocycles. The molecule has 1 amide bonds. The molecule has 2 aliphatic rings. The van der Waals surface area contributed by atoms with Crippen LogP contribution in [-0.2, 0) is 17.8 Å². The van der Waals surface area contributed by atoms with Crippen LogP contribution in [0.25, 0.3) is 5.65 Å². The van der Waals surface area contributed by atoms with Gasteiger partial charge in [-0.1, -0.05) is 0 Å². The Morgan fingerprint density at radius 1 is 1.37 bits per heavy atom.